The highest BCUT2D eigenvalue weighted by Crippen LogP contribution is 2.13. The molecule has 0 bridgehead atoms. The van der Waals surface area contributed by atoms with Crippen LogP contribution in [-0.4, -0.2) is 38.4 Å². The second-order valence-corrected chi connectivity index (χ2v) is 2.55. The van der Waals surface area contributed by atoms with Crippen LogP contribution in [0.4, 0.5) is 18.0 Å². The predicted octanol–water partition coefficient (Wildman–Crippen LogP) is 0.411. The van der Waals surface area contributed by atoms with E-state index in [1.54, 1.807) is 0 Å². The molecule has 88 valence electrons. The number of hydrogen-bond acceptors (Lipinski definition) is 3. The molecule has 3 amide bonds. The van der Waals surface area contributed by atoms with Crippen molar-refractivity contribution in [1.29, 1.82) is 0 Å². The maximum absolute atomic E-state index is 11.6. The van der Waals surface area contributed by atoms with Crippen molar-refractivity contribution in [2.75, 3.05) is 20.3 Å². The van der Waals surface area contributed by atoms with Crippen molar-refractivity contribution >= 4 is 11.9 Å². The number of rotatable bonds is 4. The third-order valence-corrected chi connectivity index (χ3v) is 1.30. The van der Waals surface area contributed by atoms with Gasteiger partial charge in [0.05, 0.1) is 0 Å². The summed E-state index contributed by atoms with van der Waals surface area (Å²) in [6.07, 6.45) is -4.60. The summed E-state index contributed by atoms with van der Waals surface area (Å²) in [7, 11) is 1.45. The number of nitrogens with one attached hydrogen (secondary N) is 2. The molecule has 15 heavy (non-hydrogen) atoms. The fraction of sp³-hybridized carbons (Fsp3) is 0.714. The second kappa shape index (κ2) is 6.23. The molecule has 0 aromatic heterocycles. The third kappa shape index (κ3) is 6.72. The van der Waals surface area contributed by atoms with E-state index in [0.29, 0.717) is 13.0 Å². The number of alkyl halides is 3. The van der Waals surface area contributed by atoms with E-state index in [9.17, 15) is 22.8 Å². The van der Waals surface area contributed by atoms with Crippen LogP contribution in [0.25, 0.3) is 0 Å². The fourth-order valence-electron chi connectivity index (χ4n) is 0.637. The van der Waals surface area contributed by atoms with E-state index in [1.165, 1.54) is 7.11 Å². The van der Waals surface area contributed by atoms with Gasteiger partial charge in [-0.3, -0.25) is 10.1 Å². The smallest absolute Gasteiger partial charge is 0.385 e. The van der Waals surface area contributed by atoms with Gasteiger partial charge in [-0.05, 0) is 6.42 Å². The molecule has 0 heterocycles. The van der Waals surface area contributed by atoms with Crippen LogP contribution >= 0.6 is 0 Å². The summed E-state index contributed by atoms with van der Waals surface area (Å²) < 4.78 is 39.6. The first kappa shape index (κ1) is 13.7. The molecular formula is C7H11F3N2O3. The molecule has 0 aromatic carbocycles. The number of methoxy groups -OCH3 is 1. The Bertz CT molecular complexity index is 230. The SMILES string of the molecule is COCCCNC(=O)NC(=O)C(F)(F)F. The van der Waals surface area contributed by atoms with E-state index < -0.39 is 18.1 Å². The van der Waals surface area contributed by atoms with E-state index in [4.69, 9.17) is 0 Å². The molecule has 2 N–H and O–H groups in total. The van der Waals surface area contributed by atoms with Crippen molar-refractivity contribution in [2.24, 2.45) is 0 Å². The van der Waals surface area contributed by atoms with Gasteiger partial charge in [0.2, 0.25) is 0 Å². The highest BCUT2D eigenvalue weighted by atomic mass is 19.4. The van der Waals surface area contributed by atoms with Crippen molar-refractivity contribution in [2.45, 2.75) is 12.6 Å². The number of carbonyl (C=O) groups is 2. The molecule has 0 rings (SSSR count). The van der Waals surface area contributed by atoms with Gasteiger partial charge in [-0.1, -0.05) is 0 Å². The Labute approximate surface area is 84.0 Å². The minimum atomic E-state index is -5.05. The lowest BCUT2D eigenvalue weighted by molar-refractivity contribution is -0.172. The summed E-state index contributed by atoms with van der Waals surface area (Å²) in [5, 5.41) is 3.21. The number of ether oxygens (including phenoxy) is 1. The van der Waals surface area contributed by atoms with Gasteiger partial charge in [0.15, 0.2) is 0 Å². The Morgan fingerprint density at radius 2 is 1.93 bits per heavy atom. The number of hydrogen-bond donors (Lipinski definition) is 2. The first-order valence-corrected chi connectivity index (χ1v) is 4.03. The Kier molecular flexibility index (Phi) is 5.68. The van der Waals surface area contributed by atoms with Gasteiger partial charge in [0, 0.05) is 20.3 Å². The summed E-state index contributed by atoms with van der Waals surface area (Å²) in [5.41, 5.74) is 0. The van der Waals surface area contributed by atoms with E-state index >= 15 is 0 Å². The lowest BCUT2D eigenvalue weighted by atomic mass is 10.4. The zero-order valence-electron chi connectivity index (χ0n) is 7.98. The van der Waals surface area contributed by atoms with Crippen molar-refractivity contribution < 1.29 is 27.5 Å². The Morgan fingerprint density at radius 3 is 2.40 bits per heavy atom. The summed E-state index contributed by atoms with van der Waals surface area (Å²) in [6.45, 7) is 0.498. The Balaban J connectivity index is 3.71. The number of imide groups is 1. The molecule has 0 aliphatic rings. The molecule has 0 aliphatic carbocycles. The average Bonchev–Trinajstić information content (AvgIpc) is 2.11. The lowest BCUT2D eigenvalue weighted by Gasteiger charge is -2.07. The van der Waals surface area contributed by atoms with E-state index in [-0.39, 0.29) is 6.54 Å². The summed E-state index contributed by atoms with van der Waals surface area (Å²) in [6, 6.07) is -1.17. The van der Waals surface area contributed by atoms with Crippen LogP contribution in [0, 0.1) is 0 Å². The molecule has 0 aliphatic heterocycles. The van der Waals surface area contributed by atoms with Gasteiger partial charge >= 0.3 is 18.1 Å². The zero-order valence-corrected chi connectivity index (χ0v) is 7.98. The van der Waals surface area contributed by atoms with Crippen LogP contribution in [0.3, 0.4) is 0 Å². The minimum Gasteiger partial charge on any atom is -0.385 e. The highest BCUT2D eigenvalue weighted by Gasteiger charge is 2.39. The molecule has 0 saturated carbocycles. The molecule has 0 aromatic rings. The molecule has 0 fully saturated rings. The maximum atomic E-state index is 11.6. The van der Waals surface area contributed by atoms with Crippen molar-refractivity contribution in [1.82, 2.24) is 10.6 Å². The van der Waals surface area contributed by atoms with Gasteiger partial charge < -0.3 is 10.1 Å². The average molecular weight is 228 g/mol. The normalized spacial score (nSPS) is 10.9. The van der Waals surface area contributed by atoms with Gasteiger partial charge in [-0.2, -0.15) is 13.2 Å². The minimum absolute atomic E-state index is 0.130. The number of carbonyl (C=O) groups excluding carboxylic acids is 2. The predicted molar refractivity (Wildman–Crippen MR) is 44.1 cm³/mol. The standard InChI is InChI=1S/C7H11F3N2O3/c1-15-4-2-3-11-6(14)12-5(13)7(8,9)10/h2-4H2,1H3,(H2,11,12,13,14). The van der Waals surface area contributed by atoms with E-state index in [2.05, 4.69) is 10.1 Å². The quantitative estimate of drug-likeness (QED) is 0.685. The number of halogens is 3. The van der Waals surface area contributed by atoms with Gasteiger partial charge in [0.1, 0.15) is 0 Å². The molecule has 0 radical (unpaired) electrons. The number of urea groups is 1. The first-order chi connectivity index (χ1) is 6.88. The van der Waals surface area contributed by atoms with Crippen LogP contribution in [0.2, 0.25) is 0 Å². The van der Waals surface area contributed by atoms with Gasteiger partial charge in [-0.25, -0.2) is 4.79 Å². The third-order valence-electron chi connectivity index (χ3n) is 1.30. The maximum Gasteiger partial charge on any atom is 0.471 e. The van der Waals surface area contributed by atoms with Crippen molar-refractivity contribution in [3.05, 3.63) is 0 Å². The van der Waals surface area contributed by atoms with Crippen LogP contribution < -0.4 is 10.6 Å². The molecular weight excluding hydrogens is 217 g/mol. The van der Waals surface area contributed by atoms with Crippen LogP contribution in [-0.2, 0) is 9.53 Å². The van der Waals surface area contributed by atoms with Crippen LogP contribution in [0.15, 0.2) is 0 Å². The summed E-state index contributed by atoms with van der Waals surface area (Å²) in [4.78, 5) is 20.9. The lowest BCUT2D eigenvalue weighted by Crippen LogP contribution is -2.45. The zero-order chi connectivity index (χ0) is 11.9. The van der Waals surface area contributed by atoms with E-state index in [0.717, 1.165) is 5.32 Å². The van der Waals surface area contributed by atoms with Crippen LogP contribution in [0.1, 0.15) is 6.42 Å². The number of amides is 3. The summed E-state index contributed by atoms with van der Waals surface area (Å²) >= 11 is 0. The molecule has 0 unspecified atom stereocenters. The molecule has 0 atom stereocenters. The molecule has 5 nitrogen and oxygen atoms in total. The van der Waals surface area contributed by atoms with E-state index in [1.807, 2.05) is 0 Å². The molecule has 8 heteroatoms. The second-order valence-electron chi connectivity index (χ2n) is 2.55. The van der Waals surface area contributed by atoms with Crippen LogP contribution in [0.5, 0.6) is 0 Å². The largest absolute Gasteiger partial charge is 0.471 e. The fourth-order valence-corrected chi connectivity index (χ4v) is 0.637. The molecule has 0 saturated heterocycles. The van der Waals surface area contributed by atoms with Crippen molar-refractivity contribution in [3.63, 3.8) is 0 Å². The Morgan fingerprint density at radius 1 is 1.33 bits per heavy atom. The highest BCUT2D eigenvalue weighted by molar-refractivity contribution is 5.96. The van der Waals surface area contributed by atoms with Crippen molar-refractivity contribution in [3.8, 4) is 0 Å². The monoisotopic (exact) mass is 228 g/mol. The van der Waals surface area contributed by atoms with Gasteiger partial charge in [-0.15, -0.1) is 0 Å². The Hall–Kier alpha value is -1.31. The molecule has 0 spiro atoms. The van der Waals surface area contributed by atoms with Gasteiger partial charge in [0.25, 0.3) is 0 Å². The topological polar surface area (TPSA) is 67.4 Å². The first-order valence-electron chi connectivity index (χ1n) is 4.03. The summed E-state index contributed by atoms with van der Waals surface area (Å²) in [5.74, 6) is -2.29.